The van der Waals surface area contributed by atoms with Crippen molar-refractivity contribution in [2.75, 3.05) is 5.01 Å². The van der Waals surface area contributed by atoms with Crippen LogP contribution in [0.25, 0.3) is 0 Å². The fourth-order valence-electron chi connectivity index (χ4n) is 1.29. The van der Waals surface area contributed by atoms with E-state index in [1.807, 2.05) is 34.8 Å². The highest BCUT2D eigenvalue weighted by Crippen LogP contribution is 2.26. The molecule has 0 radical (unpaired) electrons. The second kappa shape index (κ2) is 4.23. The molecule has 74 valence electrons. The minimum Gasteiger partial charge on any atom is -0.326 e. The van der Waals surface area contributed by atoms with Gasteiger partial charge in [-0.05, 0) is 35.7 Å². The molecular formula is C9H10ClN3S. The van der Waals surface area contributed by atoms with Gasteiger partial charge in [0, 0.05) is 23.2 Å². The molecule has 0 saturated heterocycles. The van der Waals surface area contributed by atoms with Crippen molar-refractivity contribution in [3.8, 4) is 0 Å². The Bertz CT molecular complexity index is 367. The van der Waals surface area contributed by atoms with Crippen molar-refractivity contribution < 1.29 is 0 Å². The molecule has 1 heterocycles. The third-order valence-electron chi connectivity index (χ3n) is 1.95. The van der Waals surface area contributed by atoms with E-state index in [4.69, 9.17) is 17.3 Å². The first-order valence-electron chi connectivity index (χ1n) is 4.17. The Labute approximate surface area is 92.0 Å². The highest BCUT2D eigenvalue weighted by Gasteiger charge is 2.11. The molecule has 0 atom stereocenters. The molecule has 3 N–H and O–H groups in total. The monoisotopic (exact) mass is 227 g/mol. The molecule has 5 heteroatoms. The van der Waals surface area contributed by atoms with Crippen molar-refractivity contribution in [2.45, 2.75) is 6.54 Å². The third-order valence-corrected chi connectivity index (χ3v) is 2.75. The summed E-state index contributed by atoms with van der Waals surface area (Å²) in [7, 11) is 0. The first-order valence-corrected chi connectivity index (χ1v) is 5.43. The second-order valence-electron chi connectivity index (χ2n) is 2.84. The Morgan fingerprint density at radius 1 is 1.50 bits per heavy atom. The summed E-state index contributed by atoms with van der Waals surface area (Å²) in [5, 5.41) is 4.60. The van der Waals surface area contributed by atoms with E-state index in [-0.39, 0.29) is 0 Å². The van der Waals surface area contributed by atoms with Gasteiger partial charge in [0.05, 0.1) is 5.69 Å². The Morgan fingerprint density at radius 2 is 2.36 bits per heavy atom. The molecule has 0 bridgehead atoms. The van der Waals surface area contributed by atoms with E-state index in [9.17, 15) is 0 Å². The molecule has 0 saturated carbocycles. The maximum absolute atomic E-state index is 5.88. The number of halogens is 1. The van der Waals surface area contributed by atoms with E-state index in [1.54, 1.807) is 0 Å². The molecule has 3 nitrogen and oxygen atoms in total. The zero-order chi connectivity index (χ0) is 9.97. The number of hydrogen-bond acceptors (Lipinski definition) is 4. The molecule has 0 aliphatic carbocycles. The summed E-state index contributed by atoms with van der Waals surface area (Å²) >= 11 is 7.41. The SMILES string of the molecule is NCc1cc(Cl)ccc1N1C=CSN1. The van der Waals surface area contributed by atoms with Crippen molar-refractivity contribution in [1.82, 2.24) is 4.83 Å². The van der Waals surface area contributed by atoms with Gasteiger partial charge in [-0.3, -0.25) is 5.01 Å². The number of hydrogen-bond donors (Lipinski definition) is 2. The highest BCUT2D eigenvalue weighted by atomic mass is 35.5. The highest BCUT2D eigenvalue weighted by molar-refractivity contribution is 8.00. The lowest BCUT2D eigenvalue weighted by Crippen LogP contribution is -2.24. The number of rotatable bonds is 2. The quantitative estimate of drug-likeness (QED) is 0.761. The van der Waals surface area contributed by atoms with Crippen molar-refractivity contribution in [2.24, 2.45) is 5.73 Å². The minimum absolute atomic E-state index is 0.479. The van der Waals surface area contributed by atoms with Crippen LogP contribution in [0.1, 0.15) is 5.56 Å². The van der Waals surface area contributed by atoms with Crippen LogP contribution in [0.5, 0.6) is 0 Å². The maximum Gasteiger partial charge on any atom is 0.0626 e. The van der Waals surface area contributed by atoms with Gasteiger partial charge in [-0.15, -0.1) is 0 Å². The molecule has 1 aliphatic heterocycles. The van der Waals surface area contributed by atoms with E-state index in [0.29, 0.717) is 11.6 Å². The lowest BCUT2D eigenvalue weighted by atomic mass is 10.2. The normalized spacial score (nSPS) is 15.1. The Hall–Kier alpha value is -0.680. The molecule has 0 unspecified atom stereocenters. The van der Waals surface area contributed by atoms with Gasteiger partial charge in [0.25, 0.3) is 0 Å². The predicted octanol–water partition coefficient (Wildman–Crippen LogP) is 2.24. The summed E-state index contributed by atoms with van der Waals surface area (Å²) in [6, 6.07) is 5.69. The molecule has 0 amide bonds. The Balaban J connectivity index is 2.36. The number of hydrazine groups is 1. The standard InChI is InChI=1S/C9H10ClN3S/c10-8-1-2-9(7(5-8)6-11)13-3-4-14-12-13/h1-5,12H,6,11H2. The van der Waals surface area contributed by atoms with Gasteiger partial charge >= 0.3 is 0 Å². The van der Waals surface area contributed by atoms with Crippen LogP contribution >= 0.6 is 23.5 Å². The number of nitrogens with two attached hydrogens (primary N) is 1. The van der Waals surface area contributed by atoms with Crippen LogP contribution in [0.15, 0.2) is 29.8 Å². The second-order valence-corrected chi connectivity index (χ2v) is 3.97. The van der Waals surface area contributed by atoms with Gasteiger partial charge in [0.15, 0.2) is 0 Å². The van der Waals surface area contributed by atoms with E-state index in [0.717, 1.165) is 11.3 Å². The van der Waals surface area contributed by atoms with E-state index >= 15 is 0 Å². The lowest BCUT2D eigenvalue weighted by Gasteiger charge is -2.18. The van der Waals surface area contributed by atoms with Gasteiger partial charge in [-0.1, -0.05) is 11.6 Å². The summed E-state index contributed by atoms with van der Waals surface area (Å²) in [6.45, 7) is 0.479. The van der Waals surface area contributed by atoms with E-state index in [1.165, 1.54) is 11.9 Å². The first kappa shape index (κ1) is 9.86. The van der Waals surface area contributed by atoms with Crippen molar-refractivity contribution in [1.29, 1.82) is 0 Å². The van der Waals surface area contributed by atoms with Gasteiger partial charge in [0.1, 0.15) is 0 Å². The Kier molecular flexibility index (Phi) is 2.98. The van der Waals surface area contributed by atoms with Crippen LogP contribution in [-0.4, -0.2) is 0 Å². The molecule has 1 aromatic rings. The fourth-order valence-corrected chi connectivity index (χ4v) is 2.00. The number of nitrogens with zero attached hydrogens (tertiary/aromatic N) is 1. The first-order chi connectivity index (χ1) is 6.81. The van der Waals surface area contributed by atoms with Crippen molar-refractivity contribution in [3.63, 3.8) is 0 Å². The average molecular weight is 228 g/mol. The molecule has 0 aromatic heterocycles. The minimum atomic E-state index is 0.479. The van der Waals surface area contributed by atoms with Gasteiger partial charge in [-0.25, -0.2) is 0 Å². The number of benzene rings is 1. The zero-order valence-corrected chi connectivity index (χ0v) is 8.98. The van der Waals surface area contributed by atoms with Crippen LogP contribution < -0.4 is 15.6 Å². The third kappa shape index (κ3) is 1.88. The molecule has 1 aliphatic rings. The molecule has 14 heavy (non-hydrogen) atoms. The molecule has 1 aromatic carbocycles. The fraction of sp³-hybridized carbons (Fsp3) is 0.111. The van der Waals surface area contributed by atoms with Crippen molar-refractivity contribution >= 4 is 29.2 Å². The largest absolute Gasteiger partial charge is 0.326 e. The van der Waals surface area contributed by atoms with Crippen molar-refractivity contribution in [3.05, 3.63) is 40.4 Å². The molecule has 0 spiro atoms. The van der Waals surface area contributed by atoms with Crippen LogP contribution in [0.2, 0.25) is 5.02 Å². The van der Waals surface area contributed by atoms with E-state index in [2.05, 4.69) is 4.83 Å². The van der Waals surface area contributed by atoms with Gasteiger partial charge < -0.3 is 5.73 Å². The number of nitrogens with one attached hydrogen (secondary N) is 1. The molecule has 2 rings (SSSR count). The summed E-state index contributed by atoms with van der Waals surface area (Å²) in [6.07, 6.45) is 1.95. The molecular weight excluding hydrogens is 218 g/mol. The zero-order valence-electron chi connectivity index (χ0n) is 7.40. The Morgan fingerprint density at radius 3 is 3.00 bits per heavy atom. The van der Waals surface area contributed by atoms with Crippen LogP contribution in [-0.2, 0) is 6.54 Å². The smallest absolute Gasteiger partial charge is 0.0626 e. The lowest BCUT2D eigenvalue weighted by molar-refractivity contribution is 0.968. The summed E-state index contributed by atoms with van der Waals surface area (Å²) in [5.74, 6) is 0. The maximum atomic E-state index is 5.88. The summed E-state index contributed by atoms with van der Waals surface area (Å²) in [4.78, 5) is 3.11. The van der Waals surface area contributed by atoms with Crippen LogP contribution in [0, 0.1) is 0 Å². The average Bonchev–Trinajstić information content (AvgIpc) is 2.70. The number of anilines is 1. The van der Waals surface area contributed by atoms with Gasteiger partial charge in [-0.2, -0.15) is 4.83 Å². The molecule has 0 fully saturated rings. The topological polar surface area (TPSA) is 41.3 Å². The summed E-state index contributed by atoms with van der Waals surface area (Å²) in [5.41, 5.74) is 7.71. The predicted molar refractivity (Wildman–Crippen MR) is 61.7 cm³/mol. The van der Waals surface area contributed by atoms with Crippen LogP contribution in [0.4, 0.5) is 5.69 Å². The summed E-state index contributed by atoms with van der Waals surface area (Å²) < 4.78 is 0. The van der Waals surface area contributed by atoms with Gasteiger partial charge in [0.2, 0.25) is 0 Å². The van der Waals surface area contributed by atoms with E-state index < -0.39 is 0 Å². The van der Waals surface area contributed by atoms with Crippen LogP contribution in [0.3, 0.4) is 0 Å².